The molecule has 3 rings (SSSR count). The minimum atomic E-state index is -0.620. The first-order chi connectivity index (χ1) is 12.5. The number of nitrogens with zero attached hydrogens (tertiary/aromatic N) is 1. The van der Waals surface area contributed by atoms with Gasteiger partial charge < -0.3 is 4.98 Å². The predicted molar refractivity (Wildman–Crippen MR) is 103 cm³/mol. The lowest BCUT2D eigenvalue weighted by Crippen LogP contribution is -2.42. The summed E-state index contributed by atoms with van der Waals surface area (Å²) in [5, 5.41) is 11.8. The fraction of sp³-hybridized carbons (Fsp3) is 0.0588. The highest BCUT2D eigenvalue weighted by Gasteiger charge is 2.16. The fourth-order valence-electron chi connectivity index (χ4n) is 2.49. The Hall–Kier alpha value is -2.95. The number of amides is 2. The summed E-state index contributed by atoms with van der Waals surface area (Å²) in [5.74, 6) is -1.02. The number of fused-ring (bicyclic) bond motifs is 1. The number of aromatic amines is 1. The largest absolute Gasteiger partial charge is 0.361 e. The van der Waals surface area contributed by atoms with Crippen molar-refractivity contribution in [3.63, 3.8) is 0 Å². The van der Waals surface area contributed by atoms with Gasteiger partial charge in [-0.25, -0.2) is 0 Å². The zero-order chi connectivity index (χ0) is 18.7. The molecule has 0 unspecified atom stereocenters. The standard InChI is InChI=1S/C17H13IN4O4/c18-14-6-5-11(22(25)26)8-13(14)17(24)21-20-16(23)7-10-9-19-15-4-2-1-3-12(10)15/h1-6,8-9,19H,7H2,(H,20,23)(H,21,24). The number of benzene rings is 2. The van der Waals surface area contributed by atoms with Crippen LogP contribution in [0.25, 0.3) is 10.9 Å². The number of hydrazine groups is 1. The molecular formula is C17H13IN4O4. The summed E-state index contributed by atoms with van der Waals surface area (Å²) in [6, 6.07) is 11.5. The number of carbonyl (C=O) groups excluding carboxylic acids is 2. The molecule has 0 atom stereocenters. The minimum Gasteiger partial charge on any atom is -0.361 e. The highest BCUT2D eigenvalue weighted by Crippen LogP contribution is 2.20. The third-order valence-corrected chi connectivity index (χ3v) is 4.69. The van der Waals surface area contributed by atoms with Crippen LogP contribution in [0.3, 0.4) is 0 Å². The molecule has 132 valence electrons. The molecule has 0 saturated carbocycles. The number of halogens is 1. The Labute approximate surface area is 161 Å². The van der Waals surface area contributed by atoms with Crippen molar-refractivity contribution in [3.05, 3.63) is 73.5 Å². The Kier molecular flexibility index (Phi) is 5.16. The summed E-state index contributed by atoms with van der Waals surface area (Å²) in [6.07, 6.45) is 1.83. The van der Waals surface area contributed by atoms with E-state index in [0.717, 1.165) is 16.5 Å². The number of nitrogens with one attached hydrogen (secondary N) is 3. The molecule has 9 heteroatoms. The van der Waals surface area contributed by atoms with Gasteiger partial charge in [0.15, 0.2) is 0 Å². The van der Waals surface area contributed by atoms with E-state index < -0.39 is 16.7 Å². The van der Waals surface area contributed by atoms with E-state index in [2.05, 4.69) is 15.8 Å². The van der Waals surface area contributed by atoms with E-state index in [4.69, 9.17) is 0 Å². The average molecular weight is 464 g/mol. The lowest BCUT2D eigenvalue weighted by molar-refractivity contribution is -0.384. The first kappa shape index (κ1) is 17.9. The van der Waals surface area contributed by atoms with Crippen LogP contribution in [0.5, 0.6) is 0 Å². The number of para-hydroxylation sites is 1. The Morgan fingerprint density at radius 1 is 1.15 bits per heavy atom. The monoisotopic (exact) mass is 464 g/mol. The summed E-state index contributed by atoms with van der Waals surface area (Å²) >= 11 is 1.90. The van der Waals surface area contributed by atoms with Crippen molar-refractivity contribution in [2.24, 2.45) is 0 Å². The quantitative estimate of drug-likeness (QED) is 0.313. The first-order valence-corrected chi connectivity index (χ1v) is 8.61. The van der Waals surface area contributed by atoms with Gasteiger partial charge in [0.2, 0.25) is 5.91 Å². The van der Waals surface area contributed by atoms with Crippen molar-refractivity contribution in [1.82, 2.24) is 15.8 Å². The van der Waals surface area contributed by atoms with Crippen molar-refractivity contribution in [1.29, 1.82) is 0 Å². The van der Waals surface area contributed by atoms with Crippen LogP contribution >= 0.6 is 22.6 Å². The molecule has 0 radical (unpaired) electrons. The molecule has 3 aromatic rings. The molecule has 3 N–H and O–H groups in total. The highest BCUT2D eigenvalue weighted by atomic mass is 127. The van der Waals surface area contributed by atoms with Gasteiger partial charge >= 0.3 is 0 Å². The molecule has 0 spiro atoms. The normalized spacial score (nSPS) is 10.5. The SMILES string of the molecule is O=C(Cc1c[nH]c2ccccc12)NNC(=O)c1cc([N+](=O)[O-])ccc1I. The molecule has 0 bridgehead atoms. The topological polar surface area (TPSA) is 117 Å². The molecule has 0 aliphatic carbocycles. The van der Waals surface area contributed by atoms with Gasteiger partial charge in [-0.1, -0.05) is 18.2 Å². The summed E-state index contributed by atoms with van der Waals surface area (Å²) in [6.45, 7) is 0. The van der Waals surface area contributed by atoms with Gasteiger partial charge in [0.25, 0.3) is 11.6 Å². The van der Waals surface area contributed by atoms with Gasteiger partial charge in [0, 0.05) is 32.8 Å². The van der Waals surface area contributed by atoms with Crippen LogP contribution in [0, 0.1) is 13.7 Å². The number of H-pyrrole nitrogens is 1. The summed E-state index contributed by atoms with van der Waals surface area (Å²) in [4.78, 5) is 37.6. The molecule has 0 aliphatic heterocycles. The Morgan fingerprint density at radius 3 is 2.69 bits per heavy atom. The van der Waals surface area contributed by atoms with Gasteiger partial charge in [-0.05, 0) is 40.3 Å². The van der Waals surface area contributed by atoms with Crippen molar-refractivity contribution in [2.75, 3.05) is 0 Å². The van der Waals surface area contributed by atoms with E-state index in [0.29, 0.717) is 3.57 Å². The average Bonchev–Trinajstić information content (AvgIpc) is 3.03. The van der Waals surface area contributed by atoms with Crippen molar-refractivity contribution in [2.45, 2.75) is 6.42 Å². The highest BCUT2D eigenvalue weighted by molar-refractivity contribution is 14.1. The van der Waals surface area contributed by atoms with E-state index in [1.807, 2.05) is 46.9 Å². The zero-order valence-corrected chi connectivity index (χ0v) is 15.4. The predicted octanol–water partition coefficient (Wildman–Crippen LogP) is 2.68. The van der Waals surface area contributed by atoms with Crippen LogP contribution < -0.4 is 10.9 Å². The van der Waals surface area contributed by atoms with Crippen LogP contribution in [0.2, 0.25) is 0 Å². The van der Waals surface area contributed by atoms with E-state index in [9.17, 15) is 19.7 Å². The Balaban J connectivity index is 1.65. The second kappa shape index (κ2) is 7.52. The van der Waals surface area contributed by atoms with Gasteiger partial charge in [-0.15, -0.1) is 0 Å². The van der Waals surface area contributed by atoms with Crippen LogP contribution in [-0.4, -0.2) is 21.7 Å². The number of aromatic nitrogens is 1. The van der Waals surface area contributed by atoms with Crippen LogP contribution in [0.15, 0.2) is 48.7 Å². The number of nitro groups is 1. The molecule has 1 aromatic heterocycles. The first-order valence-electron chi connectivity index (χ1n) is 7.54. The zero-order valence-electron chi connectivity index (χ0n) is 13.3. The second-order valence-corrected chi connectivity index (χ2v) is 6.62. The van der Waals surface area contributed by atoms with Crippen molar-refractivity contribution in [3.8, 4) is 0 Å². The fourth-order valence-corrected chi connectivity index (χ4v) is 3.07. The lowest BCUT2D eigenvalue weighted by Gasteiger charge is -2.08. The van der Waals surface area contributed by atoms with Gasteiger partial charge in [0.05, 0.1) is 16.9 Å². The van der Waals surface area contributed by atoms with Gasteiger partial charge in [-0.3, -0.25) is 30.6 Å². The van der Waals surface area contributed by atoms with Crippen molar-refractivity contribution < 1.29 is 14.5 Å². The van der Waals surface area contributed by atoms with Crippen LogP contribution in [0.1, 0.15) is 15.9 Å². The van der Waals surface area contributed by atoms with Crippen LogP contribution in [0.4, 0.5) is 5.69 Å². The van der Waals surface area contributed by atoms with Gasteiger partial charge in [-0.2, -0.15) is 0 Å². The maximum atomic E-state index is 12.2. The molecule has 0 fully saturated rings. The number of hydrogen-bond acceptors (Lipinski definition) is 4. The lowest BCUT2D eigenvalue weighted by atomic mass is 10.1. The maximum absolute atomic E-state index is 12.2. The summed E-state index contributed by atoms with van der Waals surface area (Å²) in [7, 11) is 0. The summed E-state index contributed by atoms with van der Waals surface area (Å²) < 4.78 is 0.538. The second-order valence-electron chi connectivity index (χ2n) is 5.46. The molecule has 0 aliphatic rings. The molecule has 2 amide bonds. The third kappa shape index (κ3) is 3.82. The smallest absolute Gasteiger partial charge is 0.271 e. The van der Waals surface area contributed by atoms with Crippen LogP contribution in [-0.2, 0) is 11.2 Å². The molecule has 0 saturated heterocycles. The van der Waals surface area contributed by atoms with E-state index in [1.54, 1.807) is 6.20 Å². The molecule has 1 heterocycles. The maximum Gasteiger partial charge on any atom is 0.271 e. The van der Waals surface area contributed by atoms with Crippen molar-refractivity contribution >= 4 is 51.0 Å². The number of non-ortho nitro benzene ring substituents is 1. The number of rotatable bonds is 4. The Bertz CT molecular complexity index is 1010. The van der Waals surface area contributed by atoms with E-state index >= 15 is 0 Å². The number of hydrogen-bond donors (Lipinski definition) is 3. The van der Waals surface area contributed by atoms with E-state index in [-0.39, 0.29) is 17.7 Å². The summed E-state index contributed by atoms with van der Waals surface area (Å²) in [5.41, 5.74) is 6.27. The number of nitro benzene ring substituents is 1. The van der Waals surface area contributed by atoms with Gasteiger partial charge in [0.1, 0.15) is 0 Å². The molecular weight excluding hydrogens is 451 g/mol. The van der Waals surface area contributed by atoms with E-state index in [1.165, 1.54) is 18.2 Å². The Morgan fingerprint density at radius 2 is 1.92 bits per heavy atom. The molecule has 8 nitrogen and oxygen atoms in total. The molecule has 26 heavy (non-hydrogen) atoms. The molecule has 2 aromatic carbocycles. The number of carbonyl (C=O) groups is 2. The third-order valence-electron chi connectivity index (χ3n) is 3.75. The minimum absolute atomic E-state index is 0.0797.